The maximum absolute atomic E-state index is 10.3. The zero-order valence-electron chi connectivity index (χ0n) is 6.23. The summed E-state index contributed by atoms with van der Waals surface area (Å²) >= 11 is 4.84. The van der Waals surface area contributed by atoms with Crippen LogP contribution in [0.1, 0.15) is 26.2 Å². The number of hydrogen-bond acceptors (Lipinski definition) is 3. The minimum atomic E-state index is -4.04. The number of halogens is 1. The van der Waals surface area contributed by atoms with E-state index in [4.69, 9.17) is 21.2 Å². The number of unbranched alkanes of at least 4 members (excludes halogenated alkanes) is 1. The summed E-state index contributed by atoms with van der Waals surface area (Å²) in [5, 5.41) is 8.88. The molecule has 0 aliphatic rings. The Morgan fingerprint density at radius 3 is 2.64 bits per heavy atom. The van der Waals surface area contributed by atoms with Crippen LogP contribution in [0, 0.1) is 0 Å². The van der Waals surface area contributed by atoms with Crippen molar-refractivity contribution < 1.29 is 19.1 Å². The van der Waals surface area contributed by atoms with E-state index in [1.54, 1.807) is 0 Å². The standard InChI is InChI=1S/C5H12ClO4P/c1-2-3-4-5(7)10-11(6,8)9/h5,7H,2-4H2,1H3,(H,8,9). The molecule has 2 atom stereocenters. The van der Waals surface area contributed by atoms with E-state index < -0.39 is 13.2 Å². The van der Waals surface area contributed by atoms with Crippen LogP contribution >= 0.6 is 18.2 Å². The van der Waals surface area contributed by atoms with Gasteiger partial charge in [0.2, 0.25) is 0 Å². The summed E-state index contributed by atoms with van der Waals surface area (Å²) in [6.07, 6.45) is 0.716. The smallest absolute Gasteiger partial charge is 0.367 e. The van der Waals surface area contributed by atoms with Crippen molar-refractivity contribution in [3.05, 3.63) is 0 Å². The molecule has 0 amide bonds. The van der Waals surface area contributed by atoms with E-state index in [0.29, 0.717) is 6.42 Å². The van der Waals surface area contributed by atoms with Gasteiger partial charge in [-0.1, -0.05) is 13.3 Å². The second-order valence-corrected chi connectivity index (χ2v) is 4.55. The molecule has 0 fully saturated rings. The van der Waals surface area contributed by atoms with E-state index >= 15 is 0 Å². The van der Waals surface area contributed by atoms with Crippen LogP contribution in [0.3, 0.4) is 0 Å². The zero-order chi connectivity index (χ0) is 8.91. The average Bonchev–Trinajstić information content (AvgIpc) is 1.79. The Morgan fingerprint density at radius 1 is 1.73 bits per heavy atom. The zero-order valence-corrected chi connectivity index (χ0v) is 7.89. The Labute approximate surface area is 70.5 Å². The maximum atomic E-state index is 10.3. The van der Waals surface area contributed by atoms with Crippen LogP contribution < -0.4 is 0 Å². The number of aliphatic hydroxyl groups excluding tert-OH is 1. The minimum absolute atomic E-state index is 0.327. The van der Waals surface area contributed by atoms with Crippen LogP contribution in [0.2, 0.25) is 0 Å². The molecule has 0 radical (unpaired) electrons. The third kappa shape index (κ3) is 8.30. The Morgan fingerprint density at radius 2 is 2.27 bits per heavy atom. The fraction of sp³-hybridized carbons (Fsp3) is 1.00. The fourth-order valence-electron chi connectivity index (χ4n) is 0.582. The topological polar surface area (TPSA) is 66.8 Å². The van der Waals surface area contributed by atoms with E-state index in [9.17, 15) is 4.57 Å². The monoisotopic (exact) mass is 202 g/mol. The molecule has 2 N–H and O–H groups in total. The van der Waals surface area contributed by atoms with Gasteiger partial charge in [-0.05, 0) is 12.8 Å². The second kappa shape index (κ2) is 5.12. The lowest BCUT2D eigenvalue weighted by molar-refractivity contribution is -0.0274. The average molecular weight is 203 g/mol. The summed E-state index contributed by atoms with van der Waals surface area (Å²) in [5.74, 6) is 0. The second-order valence-electron chi connectivity index (χ2n) is 2.15. The number of rotatable bonds is 5. The molecule has 4 nitrogen and oxygen atoms in total. The molecular formula is C5H12ClO4P. The van der Waals surface area contributed by atoms with E-state index in [-0.39, 0.29) is 0 Å². The van der Waals surface area contributed by atoms with Crippen molar-refractivity contribution in [1.29, 1.82) is 0 Å². The fourth-order valence-corrected chi connectivity index (χ4v) is 1.26. The molecule has 11 heavy (non-hydrogen) atoms. The Bertz CT molecular complexity index is 145. The largest absolute Gasteiger partial charge is 0.423 e. The first-order valence-electron chi connectivity index (χ1n) is 3.34. The number of hydrogen-bond donors (Lipinski definition) is 2. The lowest BCUT2D eigenvalue weighted by Gasteiger charge is -2.10. The number of aliphatic hydroxyl groups is 1. The van der Waals surface area contributed by atoms with Crippen molar-refractivity contribution in [1.82, 2.24) is 0 Å². The molecule has 0 heterocycles. The van der Waals surface area contributed by atoms with E-state index in [1.807, 2.05) is 6.92 Å². The van der Waals surface area contributed by atoms with Crippen molar-refractivity contribution in [2.45, 2.75) is 32.5 Å². The highest BCUT2D eigenvalue weighted by molar-refractivity contribution is 7.80. The molecule has 0 saturated carbocycles. The van der Waals surface area contributed by atoms with Crippen molar-refractivity contribution >= 4 is 18.2 Å². The maximum Gasteiger partial charge on any atom is 0.423 e. The molecule has 0 aliphatic carbocycles. The summed E-state index contributed by atoms with van der Waals surface area (Å²) in [6.45, 7) is -2.10. The van der Waals surface area contributed by atoms with Gasteiger partial charge in [0.1, 0.15) is 0 Å². The first kappa shape index (κ1) is 11.4. The Kier molecular flexibility index (Phi) is 5.30. The van der Waals surface area contributed by atoms with Gasteiger partial charge in [-0.2, -0.15) is 0 Å². The van der Waals surface area contributed by atoms with Gasteiger partial charge in [-0.3, -0.25) is 4.52 Å². The van der Waals surface area contributed by atoms with Crippen LogP contribution in [0.4, 0.5) is 0 Å². The van der Waals surface area contributed by atoms with Crippen LogP contribution in [0.5, 0.6) is 0 Å². The highest BCUT2D eigenvalue weighted by Gasteiger charge is 2.19. The lowest BCUT2D eigenvalue weighted by Crippen LogP contribution is -2.08. The molecule has 0 aromatic carbocycles. The Hall–Kier alpha value is 0.400. The molecule has 6 heteroatoms. The van der Waals surface area contributed by atoms with Crippen LogP contribution in [-0.4, -0.2) is 16.3 Å². The quantitative estimate of drug-likeness (QED) is 0.527. The molecular weight excluding hydrogens is 190 g/mol. The van der Waals surface area contributed by atoms with Crippen LogP contribution in [0.25, 0.3) is 0 Å². The normalized spacial score (nSPS) is 19.3. The van der Waals surface area contributed by atoms with Gasteiger partial charge in [0.05, 0.1) is 0 Å². The summed E-state index contributed by atoms with van der Waals surface area (Å²) < 4.78 is 14.5. The van der Waals surface area contributed by atoms with Gasteiger partial charge in [-0.15, -0.1) is 0 Å². The highest BCUT2D eigenvalue weighted by atomic mass is 35.7. The van der Waals surface area contributed by atoms with Crippen molar-refractivity contribution in [2.24, 2.45) is 0 Å². The lowest BCUT2D eigenvalue weighted by atomic mass is 10.2. The van der Waals surface area contributed by atoms with E-state index in [2.05, 4.69) is 4.52 Å². The van der Waals surface area contributed by atoms with Crippen molar-refractivity contribution in [2.75, 3.05) is 0 Å². The van der Waals surface area contributed by atoms with E-state index in [1.165, 1.54) is 0 Å². The SMILES string of the molecule is CCCCC(O)OP(=O)(O)Cl. The summed E-state index contributed by atoms with van der Waals surface area (Å²) in [6, 6.07) is 0. The van der Waals surface area contributed by atoms with E-state index in [0.717, 1.165) is 12.8 Å². The van der Waals surface area contributed by atoms with Gasteiger partial charge in [0.15, 0.2) is 6.29 Å². The van der Waals surface area contributed by atoms with Gasteiger partial charge in [0.25, 0.3) is 0 Å². The van der Waals surface area contributed by atoms with Crippen molar-refractivity contribution in [3.8, 4) is 0 Å². The molecule has 0 aromatic rings. The third-order valence-electron chi connectivity index (χ3n) is 1.06. The molecule has 0 saturated heterocycles. The Balaban J connectivity index is 3.52. The predicted molar refractivity (Wildman–Crippen MR) is 42.3 cm³/mol. The summed E-state index contributed by atoms with van der Waals surface area (Å²) in [5.41, 5.74) is 0. The first-order valence-corrected chi connectivity index (χ1v) is 5.83. The van der Waals surface area contributed by atoms with Crippen LogP contribution in [0.15, 0.2) is 0 Å². The van der Waals surface area contributed by atoms with Gasteiger partial charge < -0.3 is 10.00 Å². The van der Waals surface area contributed by atoms with Gasteiger partial charge in [0, 0.05) is 11.2 Å². The third-order valence-corrected chi connectivity index (χ3v) is 1.80. The summed E-state index contributed by atoms with van der Waals surface area (Å²) in [7, 11) is 0. The predicted octanol–water partition coefficient (Wildman–Crippen LogP) is 1.85. The molecule has 68 valence electrons. The molecule has 0 bridgehead atoms. The first-order chi connectivity index (χ1) is 4.95. The highest BCUT2D eigenvalue weighted by Crippen LogP contribution is 2.48. The van der Waals surface area contributed by atoms with Gasteiger partial charge >= 0.3 is 6.95 Å². The van der Waals surface area contributed by atoms with Crippen LogP contribution in [-0.2, 0) is 9.09 Å². The minimum Gasteiger partial charge on any atom is -0.367 e. The van der Waals surface area contributed by atoms with Gasteiger partial charge in [-0.25, -0.2) is 4.57 Å². The molecule has 2 unspecified atom stereocenters. The molecule has 0 aromatic heterocycles. The molecule has 0 rings (SSSR count). The molecule has 0 spiro atoms. The molecule has 0 aliphatic heterocycles. The van der Waals surface area contributed by atoms with Crippen molar-refractivity contribution in [3.63, 3.8) is 0 Å². The summed E-state index contributed by atoms with van der Waals surface area (Å²) in [4.78, 5) is 8.43.